The molecule has 0 spiro atoms. The molecule has 6 nitrogen and oxygen atoms in total. The van der Waals surface area contributed by atoms with E-state index in [0.717, 1.165) is 0 Å². The van der Waals surface area contributed by atoms with Gasteiger partial charge in [-0.1, -0.05) is 6.07 Å². The molecule has 0 aliphatic rings. The smallest absolute Gasteiger partial charge is 0.253 e. The lowest BCUT2D eigenvalue weighted by Gasteiger charge is -2.22. The van der Waals surface area contributed by atoms with Crippen molar-refractivity contribution < 1.29 is 13.2 Å². The third-order valence-corrected chi connectivity index (χ3v) is 5.56. The molecule has 0 unspecified atom stereocenters. The molecular formula is C15H25N3O3S. The van der Waals surface area contributed by atoms with E-state index in [0.29, 0.717) is 18.7 Å². The molecule has 0 atom stereocenters. The minimum atomic E-state index is -3.59. The van der Waals surface area contributed by atoms with Gasteiger partial charge in [0.2, 0.25) is 10.0 Å². The van der Waals surface area contributed by atoms with Crippen molar-refractivity contribution >= 4 is 15.9 Å². The Morgan fingerprint density at radius 1 is 1.27 bits per heavy atom. The third-order valence-electron chi connectivity index (χ3n) is 3.53. The second kappa shape index (κ2) is 7.71. The maximum absolute atomic E-state index is 12.5. The summed E-state index contributed by atoms with van der Waals surface area (Å²) in [4.78, 5) is 14.0. The fourth-order valence-electron chi connectivity index (χ4n) is 1.83. The fourth-order valence-corrected chi connectivity index (χ4v) is 3.25. The Bertz CT molecular complexity index is 614. The number of nitrogens with zero attached hydrogens (tertiary/aromatic N) is 2. The maximum Gasteiger partial charge on any atom is 0.253 e. The summed E-state index contributed by atoms with van der Waals surface area (Å²) in [6.07, 6.45) is 0. The van der Waals surface area contributed by atoms with E-state index in [1.54, 1.807) is 37.9 Å². The van der Waals surface area contributed by atoms with Crippen LogP contribution in [0, 0.1) is 0 Å². The van der Waals surface area contributed by atoms with Crippen molar-refractivity contribution in [1.82, 2.24) is 14.5 Å². The molecule has 1 aromatic carbocycles. The van der Waals surface area contributed by atoms with Crippen LogP contribution in [0.4, 0.5) is 0 Å². The lowest BCUT2D eigenvalue weighted by atomic mass is 10.2. The maximum atomic E-state index is 12.5. The van der Waals surface area contributed by atoms with Crippen LogP contribution in [-0.2, 0) is 10.0 Å². The quantitative estimate of drug-likeness (QED) is 0.811. The summed E-state index contributed by atoms with van der Waals surface area (Å²) in [5.41, 5.74) is 0.372. The molecule has 0 fully saturated rings. The van der Waals surface area contributed by atoms with E-state index in [4.69, 9.17) is 0 Å². The van der Waals surface area contributed by atoms with Crippen molar-refractivity contribution in [2.45, 2.75) is 24.8 Å². The van der Waals surface area contributed by atoms with Crippen LogP contribution in [-0.4, -0.2) is 63.8 Å². The van der Waals surface area contributed by atoms with Crippen molar-refractivity contribution in [2.75, 3.05) is 34.2 Å². The zero-order valence-electron chi connectivity index (χ0n) is 13.8. The standard InChI is InChI=1S/C15H25N3O3S/c1-12(2)18(5)22(20,21)14-8-6-7-13(11-14)15(19)17(4)10-9-16-3/h6-8,11-12,16H,9-10H2,1-5H3. The van der Waals surface area contributed by atoms with Crippen molar-refractivity contribution in [1.29, 1.82) is 0 Å². The number of likely N-dealkylation sites (N-methyl/N-ethyl adjacent to an activating group) is 2. The first-order valence-electron chi connectivity index (χ1n) is 7.20. The average Bonchev–Trinajstić information content (AvgIpc) is 2.50. The van der Waals surface area contributed by atoms with Gasteiger partial charge in [-0.25, -0.2) is 8.42 Å². The Labute approximate surface area is 133 Å². The van der Waals surface area contributed by atoms with E-state index in [-0.39, 0.29) is 16.8 Å². The second-order valence-corrected chi connectivity index (χ2v) is 7.47. The predicted octanol–water partition coefficient (Wildman–Crippen LogP) is 1.01. The molecule has 0 aliphatic carbocycles. The van der Waals surface area contributed by atoms with Crippen molar-refractivity contribution in [3.63, 3.8) is 0 Å². The molecule has 0 bridgehead atoms. The Morgan fingerprint density at radius 2 is 1.91 bits per heavy atom. The highest BCUT2D eigenvalue weighted by atomic mass is 32.2. The summed E-state index contributed by atoms with van der Waals surface area (Å²) in [6.45, 7) is 4.84. The molecule has 1 rings (SSSR count). The first-order valence-corrected chi connectivity index (χ1v) is 8.64. The number of rotatable bonds is 7. The molecule has 0 aliphatic heterocycles. The highest BCUT2D eigenvalue weighted by Gasteiger charge is 2.24. The number of carbonyl (C=O) groups excluding carboxylic acids is 1. The number of sulfonamides is 1. The molecule has 0 heterocycles. The summed E-state index contributed by atoms with van der Waals surface area (Å²) >= 11 is 0. The summed E-state index contributed by atoms with van der Waals surface area (Å²) in [5, 5.41) is 2.97. The molecule has 1 aromatic rings. The Kier molecular flexibility index (Phi) is 6.52. The van der Waals surface area contributed by atoms with Gasteiger partial charge in [-0.2, -0.15) is 4.31 Å². The minimum Gasteiger partial charge on any atom is -0.340 e. The molecule has 0 saturated carbocycles. The minimum absolute atomic E-state index is 0.136. The van der Waals surface area contributed by atoms with Crippen LogP contribution < -0.4 is 5.32 Å². The Morgan fingerprint density at radius 3 is 2.45 bits per heavy atom. The van der Waals surface area contributed by atoms with Gasteiger partial charge in [-0.3, -0.25) is 4.79 Å². The lowest BCUT2D eigenvalue weighted by molar-refractivity contribution is 0.0796. The molecule has 1 amide bonds. The second-order valence-electron chi connectivity index (χ2n) is 5.47. The van der Waals surface area contributed by atoms with Gasteiger partial charge >= 0.3 is 0 Å². The van der Waals surface area contributed by atoms with E-state index < -0.39 is 10.0 Å². The van der Waals surface area contributed by atoms with Crippen molar-refractivity contribution in [3.05, 3.63) is 29.8 Å². The van der Waals surface area contributed by atoms with Crippen LogP contribution in [0.2, 0.25) is 0 Å². The number of hydrogen-bond donors (Lipinski definition) is 1. The SMILES string of the molecule is CNCCN(C)C(=O)c1cccc(S(=O)(=O)N(C)C(C)C)c1. The van der Waals surface area contributed by atoms with Gasteiger partial charge < -0.3 is 10.2 Å². The van der Waals surface area contributed by atoms with Crippen LogP contribution in [0.5, 0.6) is 0 Å². The van der Waals surface area contributed by atoms with Gasteiger partial charge in [0.15, 0.2) is 0 Å². The number of amides is 1. The number of benzene rings is 1. The highest BCUT2D eigenvalue weighted by molar-refractivity contribution is 7.89. The predicted molar refractivity (Wildman–Crippen MR) is 87.4 cm³/mol. The zero-order chi connectivity index (χ0) is 16.9. The highest BCUT2D eigenvalue weighted by Crippen LogP contribution is 2.18. The molecule has 22 heavy (non-hydrogen) atoms. The largest absolute Gasteiger partial charge is 0.340 e. The molecule has 0 saturated heterocycles. The third kappa shape index (κ3) is 4.28. The van der Waals surface area contributed by atoms with E-state index in [2.05, 4.69) is 5.32 Å². The number of nitrogens with one attached hydrogen (secondary N) is 1. The molecule has 1 N–H and O–H groups in total. The summed E-state index contributed by atoms with van der Waals surface area (Å²) in [7, 11) is 1.46. The number of carbonyl (C=O) groups is 1. The molecule has 0 radical (unpaired) electrons. The van der Waals surface area contributed by atoms with Gasteiger partial charge in [0.25, 0.3) is 5.91 Å². The fraction of sp³-hybridized carbons (Fsp3) is 0.533. The summed E-state index contributed by atoms with van der Waals surface area (Å²) in [5.74, 6) is -0.195. The van der Waals surface area contributed by atoms with E-state index >= 15 is 0 Å². The zero-order valence-corrected chi connectivity index (χ0v) is 14.6. The van der Waals surface area contributed by atoms with Crippen LogP contribution in [0.3, 0.4) is 0 Å². The van der Waals surface area contributed by atoms with E-state index in [1.165, 1.54) is 23.5 Å². The molecular weight excluding hydrogens is 302 g/mol. The first-order chi connectivity index (χ1) is 10.2. The normalized spacial score (nSPS) is 12.0. The van der Waals surface area contributed by atoms with E-state index in [1.807, 2.05) is 7.05 Å². The van der Waals surface area contributed by atoms with Gasteiger partial charge in [0.05, 0.1) is 4.90 Å². The Hall–Kier alpha value is -1.44. The topological polar surface area (TPSA) is 69.7 Å². The average molecular weight is 327 g/mol. The van der Waals surface area contributed by atoms with Gasteiger partial charge in [-0.15, -0.1) is 0 Å². The van der Waals surface area contributed by atoms with E-state index in [9.17, 15) is 13.2 Å². The van der Waals surface area contributed by atoms with Crippen LogP contribution in [0.1, 0.15) is 24.2 Å². The van der Waals surface area contributed by atoms with Crippen molar-refractivity contribution in [2.24, 2.45) is 0 Å². The van der Waals surface area contributed by atoms with Crippen molar-refractivity contribution in [3.8, 4) is 0 Å². The van der Waals surface area contributed by atoms with Gasteiger partial charge in [0.1, 0.15) is 0 Å². The monoisotopic (exact) mass is 327 g/mol. The van der Waals surface area contributed by atoms with Gasteiger partial charge in [0, 0.05) is 38.8 Å². The number of hydrogen-bond acceptors (Lipinski definition) is 4. The van der Waals surface area contributed by atoms with Crippen LogP contribution in [0.15, 0.2) is 29.2 Å². The molecule has 7 heteroatoms. The first kappa shape index (κ1) is 18.6. The summed E-state index contributed by atoms with van der Waals surface area (Å²) < 4.78 is 26.3. The van der Waals surface area contributed by atoms with Crippen LogP contribution in [0.25, 0.3) is 0 Å². The van der Waals surface area contributed by atoms with Crippen LogP contribution >= 0.6 is 0 Å². The molecule has 0 aromatic heterocycles. The Balaban J connectivity index is 3.07. The lowest BCUT2D eigenvalue weighted by Crippen LogP contribution is -2.34. The van der Waals surface area contributed by atoms with Gasteiger partial charge in [-0.05, 0) is 39.1 Å². The molecule has 124 valence electrons. The summed E-state index contributed by atoms with van der Waals surface area (Å²) in [6, 6.07) is 6.03.